The van der Waals surface area contributed by atoms with Gasteiger partial charge in [-0.1, -0.05) is 11.2 Å². The van der Waals surface area contributed by atoms with E-state index in [1.165, 1.54) is 6.33 Å². The molecule has 2 N–H and O–H groups in total. The molecule has 0 bridgehead atoms. The maximum absolute atomic E-state index is 5.80. The van der Waals surface area contributed by atoms with E-state index >= 15 is 0 Å². The molecule has 0 spiro atoms. The Morgan fingerprint density at radius 2 is 2.21 bits per heavy atom. The highest BCUT2D eigenvalue weighted by atomic mass is 32.1. The van der Waals surface area contributed by atoms with Gasteiger partial charge in [0.05, 0.1) is 22.6 Å². The highest BCUT2D eigenvalue weighted by Gasteiger charge is 2.17. The number of thiophene rings is 1. The summed E-state index contributed by atoms with van der Waals surface area (Å²) < 4.78 is 11.0. The Morgan fingerprint density at radius 3 is 3.00 bits per heavy atom. The predicted octanol–water partition coefficient (Wildman–Crippen LogP) is 2.72. The van der Waals surface area contributed by atoms with E-state index < -0.39 is 0 Å². The van der Waals surface area contributed by atoms with Crippen molar-refractivity contribution in [2.24, 2.45) is 0 Å². The molecule has 4 heterocycles. The monoisotopic (exact) mass is 340 g/mol. The van der Waals surface area contributed by atoms with Crippen LogP contribution in [-0.2, 0) is 6.42 Å². The summed E-state index contributed by atoms with van der Waals surface area (Å²) in [6.45, 7) is 1.86. The van der Waals surface area contributed by atoms with E-state index in [1.807, 2.05) is 24.4 Å². The average Bonchev–Trinajstić information content (AvgIpc) is 3.30. The minimum absolute atomic E-state index is 0.301. The van der Waals surface area contributed by atoms with Crippen LogP contribution >= 0.6 is 11.3 Å². The minimum atomic E-state index is 0.301. The average molecular weight is 340 g/mol. The lowest BCUT2D eigenvalue weighted by molar-refractivity contribution is 0.384. The van der Waals surface area contributed by atoms with Gasteiger partial charge in [-0.2, -0.15) is 4.98 Å². The normalized spacial score (nSPS) is 11.0. The SMILES string of the molecule is Cc1oc(-c2cccs2)nc1Cc1nc(-c2cncnc2N)no1. The molecule has 0 aliphatic carbocycles. The van der Waals surface area contributed by atoms with E-state index in [9.17, 15) is 0 Å². The quantitative estimate of drug-likeness (QED) is 0.602. The van der Waals surface area contributed by atoms with E-state index in [0.717, 1.165) is 16.3 Å². The van der Waals surface area contributed by atoms with Crippen LogP contribution in [0.25, 0.3) is 22.2 Å². The van der Waals surface area contributed by atoms with Crippen LogP contribution in [0.2, 0.25) is 0 Å². The first-order valence-corrected chi connectivity index (χ1v) is 7.97. The Kier molecular flexibility index (Phi) is 3.54. The Morgan fingerprint density at radius 1 is 1.29 bits per heavy atom. The van der Waals surface area contributed by atoms with Gasteiger partial charge in [0.2, 0.25) is 17.6 Å². The summed E-state index contributed by atoms with van der Waals surface area (Å²) in [5.41, 5.74) is 7.08. The molecule has 24 heavy (non-hydrogen) atoms. The molecule has 8 nitrogen and oxygen atoms in total. The highest BCUT2D eigenvalue weighted by molar-refractivity contribution is 7.13. The van der Waals surface area contributed by atoms with Gasteiger partial charge in [-0.25, -0.2) is 15.0 Å². The van der Waals surface area contributed by atoms with E-state index in [2.05, 4.69) is 25.1 Å². The molecule has 0 amide bonds. The summed E-state index contributed by atoms with van der Waals surface area (Å²) in [5.74, 6) is 2.39. The van der Waals surface area contributed by atoms with Crippen LogP contribution in [0.3, 0.4) is 0 Å². The lowest BCUT2D eigenvalue weighted by Crippen LogP contribution is -1.96. The van der Waals surface area contributed by atoms with Crippen LogP contribution in [0.1, 0.15) is 17.3 Å². The zero-order valence-electron chi connectivity index (χ0n) is 12.6. The van der Waals surface area contributed by atoms with E-state index in [0.29, 0.717) is 35.4 Å². The molecule has 0 aromatic carbocycles. The fraction of sp³-hybridized carbons (Fsp3) is 0.133. The Bertz CT molecular complexity index is 976. The summed E-state index contributed by atoms with van der Waals surface area (Å²) in [4.78, 5) is 17.7. The number of rotatable bonds is 4. The first-order chi connectivity index (χ1) is 11.7. The van der Waals surface area contributed by atoms with Crippen LogP contribution in [0.5, 0.6) is 0 Å². The molecule has 0 saturated heterocycles. The maximum atomic E-state index is 5.80. The van der Waals surface area contributed by atoms with Crippen LogP contribution in [0, 0.1) is 6.92 Å². The van der Waals surface area contributed by atoms with Crippen molar-refractivity contribution >= 4 is 17.2 Å². The Hall–Kier alpha value is -3.07. The molecule has 0 atom stereocenters. The second kappa shape index (κ2) is 5.85. The Labute approximate surface area is 140 Å². The van der Waals surface area contributed by atoms with Crippen LogP contribution in [0.15, 0.2) is 39.0 Å². The van der Waals surface area contributed by atoms with Crippen molar-refractivity contribution in [3.05, 3.63) is 47.4 Å². The summed E-state index contributed by atoms with van der Waals surface area (Å²) in [5, 5.41) is 5.90. The highest BCUT2D eigenvalue weighted by Crippen LogP contribution is 2.27. The van der Waals surface area contributed by atoms with Gasteiger partial charge in [0.25, 0.3) is 0 Å². The summed E-state index contributed by atoms with van der Waals surface area (Å²) in [7, 11) is 0. The molecular weight excluding hydrogens is 328 g/mol. The van der Waals surface area contributed by atoms with Crippen molar-refractivity contribution < 1.29 is 8.94 Å². The molecule has 4 rings (SSSR count). The van der Waals surface area contributed by atoms with Crippen LogP contribution in [-0.4, -0.2) is 25.1 Å². The molecule has 0 aliphatic rings. The number of nitrogens with two attached hydrogens (primary N) is 1. The standard InChI is InChI=1S/C15H12N6O2S/c1-8-10(19-15(22-8)11-3-2-4-24-11)5-12-20-14(21-23-12)9-6-17-7-18-13(9)16/h2-4,6-7H,5H2,1H3,(H2,16,17,18). The van der Waals surface area contributed by atoms with Crippen molar-refractivity contribution in [1.29, 1.82) is 0 Å². The Balaban J connectivity index is 1.60. The fourth-order valence-electron chi connectivity index (χ4n) is 2.19. The summed E-state index contributed by atoms with van der Waals surface area (Å²) in [6.07, 6.45) is 3.29. The number of oxazole rings is 1. The summed E-state index contributed by atoms with van der Waals surface area (Å²) >= 11 is 1.57. The molecule has 9 heteroatoms. The number of aryl methyl sites for hydroxylation is 1. The van der Waals surface area contributed by atoms with Crippen LogP contribution < -0.4 is 5.73 Å². The number of aromatic nitrogens is 5. The van der Waals surface area contributed by atoms with Gasteiger partial charge in [-0.3, -0.25) is 0 Å². The van der Waals surface area contributed by atoms with Gasteiger partial charge in [0.1, 0.15) is 17.9 Å². The van der Waals surface area contributed by atoms with Crippen LogP contribution in [0.4, 0.5) is 5.82 Å². The predicted molar refractivity (Wildman–Crippen MR) is 87.1 cm³/mol. The van der Waals surface area contributed by atoms with Crippen molar-refractivity contribution in [3.63, 3.8) is 0 Å². The minimum Gasteiger partial charge on any atom is -0.440 e. The zero-order valence-corrected chi connectivity index (χ0v) is 13.4. The van der Waals surface area contributed by atoms with Gasteiger partial charge >= 0.3 is 0 Å². The second-order valence-electron chi connectivity index (χ2n) is 5.01. The third-order valence-electron chi connectivity index (χ3n) is 3.40. The van der Waals surface area contributed by atoms with Gasteiger partial charge in [-0.15, -0.1) is 11.3 Å². The molecule has 0 saturated carbocycles. The van der Waals surface area contributed by atoms with Crippen molar-refractivity contribution in [3.8, 4) is 22.2 Å². The largest absolute Gasteiger partial charge is 0.440 e. The number of hydrogen-bond acceptors (Lipinski definition) is 9. The molecule has 4 aromatic heterocycles. The zero-order chi connectivity index (χ0) is 16.5. The number of nitrogens with zero attached hydrogens (tertiary/aromatic N) is 5. The molecule has 0 unspecified atom stereocenters. The molecule has 0 radical (unpaired) electrons. The van der Waals surface area contributed by atoms with E-state index in [-0.39, 0.29) is 0 Å². The van der Waals surface area contributed by atoms with Crippen molar-refractivity contribution in [1.82, 2.24) is 25.1 Å². The first kappa shape index (κ1) is 14.5. The van der Waals surface area contributed by atoms with Crippen molar-refractivity contribution in [2.45, 2.75) is 13.3 Å². The number of anilines is 1. The van der Waals surface area contributed by atoms with E-state index in [4.69, 9.17) is 14.7 Å². The van der Waals surface area contributed by atoms with Crippen molar-refractivity contribution in [2.75, 3.05) is 5.73 Å². The van der Waals surface area contributed by atoms with Gasteiger partial charge < -0.3 is 14.7 Å². The van der Waals surface area contributed by atoms with Gasteiger partial charge in [0.15, 0.2) is 0 Å². The lowest BCUT2D eigenvalue weighted by atomic mass is 10.2. The molecule has 0 fully saturated rings. The second-order valence-corrected chi connectivity index (χ2v) is 5.96. The van der Waals surface area contributed by atoms with Gasteiger partial charge in [-0.05, 0) is 18.4 Å². The summed E-state index contributed by atoms with van der Waals surface area (Å²) in [6, 6.07) is 3.92. The lowest BCUT2D eigenvalue weighted by Gasteiger charge is -1.96. The van der Waals surface area contributed by atoms with Gasteiger partial charge in [0, 0.05) is 6.20 Å². The first-order valence-electron chi connectivity index (χ1n) is 7.09. The maximum Gasteiger partial charge on any atom is 0.236 e. The number of nitrogen functional groups attached to an aromatic ring is 1. The fourth-order valence-corrected chi connectivity index (χ4v) is 2.84. The molecule has 0 aliphatic heterocycles. The molecule has 4 aromatic rings. The van der Waals surface area contributed by atoms with E-state index in [1.54, 1.807) is 17.5 Å². The third kappa shape index (κ3) is 2.65. The third-order valence-corrected chi connectivity index (χ3v) is 4.25. The number of hydrogen-bond donors (Lipinski definition) is 1. The molecule has 120 valence electrons. The smallest absolute Gasteiger partial charge is 0.236 e. The molecular formula is C15H12N6O2S. The topological polar surface area (TPSA) is 117 Å².